The number of hydrogen-bond donors (Lipinski definition) is 2. The van der Waals surface area contributed by atoms with Gasteiger partial charge in [0.15, 0.2) is 6.29 Å². The minimum absolute atomic E-state index is 0.229. The summed E-state index contributed by atoms with van der Waals surface area (Å²) in [5, 5.41) is 18.8. The van der Waals surface area contributed by atoms with Crippen LogP contribution in [-0.4, -0.2) is 55.6 Å². The van der Waals surface area contributed by atoms with E-state index in [-0.39, 0.29) is 6.61 Å². The molecule has 1 aliphatic rings. The van der Waals surface area contributed by atoms with Gasteiger partial charge in [0.25, 0.3) is 0 Å². The number of ether oxygens (including phenoxy) is 3. The summed E-state index contributed by atoms with van der Waals surface area (Å²) in [5.41, 5.74) is 0. The van der Waals surface area contributed by atoms with E-state index < -0.39 is 24.6 Å². The summed E-state index contributed by atoms with van der Waals surface area (Å²) in [7, 11) is 2.87. The third kappa shape index (κ3) is 1.75. The first-order valence-electron chi connectivity index (χ1n) is 3.74. The third-order valence-electron chi connectivity index (χ3n) is 1.97. The van der Waals surface area contributed by atoms with Crippen LogP contribution in [0.4, 0.5) is 0 Å². The van der Waals surface area contributed by atoms with Crippen molar-refractivity contribution in [2.24, 2.45) is 0 Å². The van der Waals surface area contributed by atoms with Crippen molar-refractivity contribution in [3.05, 3.63) is 0 Å². The normalized spacial score (nSPS) is 43.0. The molecule has 1 rings (SSSR count). The number of rotatable bonds is 2. The van der Waals surface area contributed by atoms with Crippen LogP contribution in [0.5, 0.6) is 0 Å². The van der Waals surface area contributed by atoms with Crippen LogP contribution < -0.4 is 0 Å². The molecule has 5 nitrogen and oxygen atoms in total. The van der Waals surface area contributed by atoms with Crippen LogP contribution in [0.1, 0.15) is 0 Å². The van der Waals surface area contributed by atoms with Gasteiger partial charge in [0, 0.05) is 14.2 Å². The van der Waals surface area contributed by atoms with E-state index in [1.165, 1.54) is 14.2 Å². The van der Waals surface area contributed by atoms with Gasteiger partial charge in [0.1, 0.15) is 18.3 Å². The largest absolute Gasteiger partial charge is 0.387 e. The Kier molecular flexibility index (Phi) is 3.42. The molecule has 0 saturated carbocycles. The lowest BCUT2D eigenvalue weighted by atomic mass is 10.1. The van der Waals surface area contributed by atoms with Gasteiger partial charge >= 0.3 is 0 Å². The Hall–Kier alpha value is -0.200. The van der Waals surface area contributed by atoms with E-state index in [1.54, 1.807) is 0 Å². The highest BCUT2D eigenvalue weighted by molar-refractivity contribution is 4.83. The zero-order valence-corrected chi connectivity index (χ0v) is 7.14. The van der Waals surface area contributed by atoms with Gasteiger partial charge in [-0.15, -0.1) is 0 Å². The SMILES string of the molecule is CO[C@@H]1OC[C@@H](OC)[C@H](O)[C@H]1O. The highest BCUT2D eigenvalue weighted by Crippen LogP contribution is 2.17. The van der Waals surface area contributed by atoms with Crippen LogP contribution in [0.25, 0.3) is 0 Å². The fraction of sp³-hybridized carbons (Fsp3) is 1.00. The first-order chi connectivity index (χ1) is 5.70. The first-order valence-corrected chi connectivity index (χ1v) is 3.74. The molecule has 0 radical (unpaired) electrons. The smallest absolute Gasteiger partial charge is 0.185 e. The quantitative estimate of drug-likeness (QED) is 0.551. The number of aliphatic hydroxyl groups is 2. The van der Waals surface area contributed by atoms with Crippen LogP contribution in [-0.2, 0) is 14.2 Å². The lowest BCUT2D eigenvalue weighted by Gasteiger charge is -2.35. The van der Waals surface area contributed by atoms with Crippen LogP contribution >= 0.6 is 0 Å². The summed E-state index contributed by atoms with van der Waals surface area (Å²) in [6, 6.07) is 0. The molecular formula is C7H14O5. The van der Waals surface area contributed by atoms with Crippen molar-refractivity contribution in [3.8, 4) is 0 Å². The molecule has 0 aromatic carbocycles. The van der Waals surface area contributed by atoms with E-state index in [0.717, 1.165) is 0 Å². The van der Waals surface area contributed by atoms with E-state index in [4.69, 9.17) is 14.2 Å². The highest BCUT2D eigenvalue weighted by Gasteiger charge is 2.38. The van der Waals surface area contributed by atoms with Crippen molar-refractivity contribution in [2.75, 3.05) is 20.8 Å². The van der Waals surface area contributed by atoms with Crippen molar-refractivity contribution in [3.63, 3.8) is 0 Å². The molecule has 0 aromatic heterocycles. The minimum atomic E-state index is -1.05. The van der Waals surface area contributed by atoms with Crippen LogP contribution in [0.3, 0.4) is 0 Å². The number of methoxy groups -OCH3 is 2. The van der Waals surface area contributed by atoms with Gasteiger partial charge in [0.05, 0.1) is 6.61 Å². The second kappa shape index (κ2) is 4.15. The lowest BCUT2D eigenvalue weighted by molar-refractivity contribution is -0.265. The molecule has 0 aromatic rings. The van der Waals surface area contributed by atoms with Crippen LogP contribution in [0, 0.1) is 0 Å². The fourth-order valence-electron chi connectivity index (χ4n) is 1.18. The first kappa shape index (κ1) is 9.88. The van der Waals surface area contributed by atoms with Crippen LogP contribution in [0.15, 0.2) is 0 Å². The topological polar surface area (TPSA) is 68.2 Å². The molecule has 12 heavy (non-hydrogen) atoms. The Morgan fingerprint density at radius 3 is 2.33 bits per heavy atom. The summed E-state index contributed by atoms with van der Waals surface area (Å²) >= 11 is 0. The molecule has 0 unspecified atom stereocenters. The Labute approximate surface area is 70.9 Å². The van der Waals surface area contributed by atoms with Gasteiger partial charge in [0.2, 0.25) is 0 Å². The summed E-state index contributed by atoms with van der Waals surface area (Å²) < 4.78 is 14.7. The Morgan fingerprint density at radius 2 is 1.83 bits per heavy atom. The van der Waals surface area contributed by atoms with Crippen molar-refractivity contribution in [2.45, 2.75) is 24.6 Å². The second-order valence-corrected chi connectivity index (χ2v) is 2.69. The van der Waals surface area contributed by atoms with E-state index in [2.05, 4.69) is 0 Å². The molecule has 0 bridgehead atoms. The monoisotopic (exact) mass is 178 g/mol. The maximum atomic E-state index is 9.40. The van der Waals surface area contributed by atoms with Gasteiger partial charge in [-0.3, -0.25) is 0 Å². The average Bonchev–Trinajstić information content (AvgIpc) is 2.10. The molecule has 2 N–H and O–H groups in total. The van der Waals surface area contributed by atoms with Crippen molar-refractivity contribution >= 4 is 0 Å². The molecule has 4 atom stereocenters. The molecule has 1 fully saturated rings. The van der Waals surface area contributed by atoms with Crippen LogP contribution in [0.2, 0.25) is 0 Å². The summed E-state index contributed by atoms with van der Waals surface area (Å²) in [5.74, 6) is 0. The maximum absolute atomic E-state index is 9.40. The van der Waals surface area contributed by atoms with E-state index in [0.29, 0.717) is 0 Å². The Balaban J connectivity index is 2.52. The van der Waals surface area contributed by atoms with Gasteiger partial charge in [-0.05, 0) is 0 Å². The molecule has 1 saturated heterocycles. The standard InChI is InChI=1S/C7H14O5/c1-10-4-3-12-7(11-2)6(9)5(4)8/h4-9H,3H2,1-2H3/t4-,5+,6-,7-/m1/s1. The van der Waals surface area contributed by atoms with E-state index >= 15 is 0 Å². The predicted octanol–water partition coefficient (Wildman–Crippen LogP) is -1.27. The fourth-order valence-corrected chi connectivity index (χ4v) is 1.18. The lowest BCUT2D eigenvalue weighted by Crippen LogP contribution is -2.54. The zero-order chi connectivity index (χ0) is 9.14. The predicted molar refractivity (Wildman–Crippen MR) is 39.6 cm³/mol. The van der Waals surface area contributed by atoms with Crippen molar-refractivity contribution in [1.82, 2.24) is 0 Å². The van der Waals surface area contributed by atoms with Crippen molar-refractivity contribution in [1.29, 1.82) is 0 Å². The molecule has 1 aliphatic heterocycles. The number of aliphatic hydroxyl groups excluding tert-OH is 2. The van der Waals surface area contributed by atoms with E-state index in [1.807, 2.05) is 0 Å². The maximum Gasteiger partial charge on any atom is 0.185 e. The highest BCUT2D eigenvalue weighted by atomic mass is 16.7. The molecular weight excluding hydrogens is 164 g/mol. The molecule has 5 heteroatoms. The number of hydrogen-bond acceptors (Lipinski definition) is 5. The minimum Gasteiger partial charge on any atom is -0.387 e. The summed E-state index contributed by atoms with van der Waals surface area (Å²) in [4.78, 5) is 0. The van der Waals surface area contributed by atoms with Gasteiger partial charge < -0.3 is 24.4 Å². The third-order valence-corrected chi connectivity index (χ3v) is 1.97. The Bertz CT molecular complexity index is 124. The molecule has 0 spiro atoms. The molecule has 0 aliphatic carbocycles. The van der Waals surface area contributed by atoms with Gasteiger partial charge in [-0.1, -0.05) is 0 Å². The summed E-state index contributed by atoms with van der Waals surface area (Å²) in [6.07, 6.45) is -3.24. The van der Waals surface area contributed by atoms with Gasteiger partial charge in [-0.2, -0.15) is 0 Å². The molecule has 0 amide bonds. The van der Waals surface area contributed by atoms with Gasteiger partial charge in [-0.25, -0.2) is 0 Å². The zero-order valence-electron chi connectivity index (χ0n) is 7.14. The molecule has 1 heterocycles. The Morgan fingerprint density at radius 1 is 1.17 bits per heavy atom. The second-order valence-electron chi connectivity index (χ2n) is 2.69. The molecule has 72 valence electrons. The van der Waals surface area contributed by atoms with Crippen molar-refractivity contribution < 1.29 is 24.4 Å². The average molecular weight is 178 g/mol. The summed E-state index contributed by atoms with van der Waals surface area (Å²) in [6.45, 7) is 0.229. The van der Waals surface area contributed by atoms with E-state index in [9.17, 15) is 10.2 Å².